The van der Waals surface area contributed by atoms with Crippen molar-refractivity contribution in [3.8, 4) is 5.69 Å². The van der Waals surface area contributed by atoms with Gasteiger partial charge < -0.3 is 15.8 Å². The van der Waals surface area contributed by atoms with Crippen LogP contribution in [0.15, 0.2) is 37.1 Å². The molecule has 3 heterocycles. The summed E-state index contributed by atoms with van der Waals surface area (Å²) in [5, 5.41) is 18.8. The fourth-order valence-corrected chi connectivity index (χ4v) is 3.96. The van der Waals surface area contributed by atoms with Gasteiger partial charge in [-0.05, 0) is 56.0 Å². The monoisotopic (exact) mass is 354 g/mol. The van der Waals surface area contributed by atoms with Crippen LogP contribution in [0, 0.1) is 0 Å². The number of aryl methyl sites for hydroxylation is 1. The zero-order valence-corrected chi connectivity index (χ0v) is 14.9. The Kier molecular flexibility index (Phi) is 5.01. The summed E-state index contributed by atoms with van der Waals surface area (Å²) in [5.41, 5.74) is 9.44. The highest BCUT2D eigenvalue weighted by Crippen LogP contribution is 2.23. The first-order chi connectivity index (χ1) is 12.7. The number of aliphatic hydroxyl groups excluding tert-OH is 1. The Morgan fingerprint density at radius 3 is 2.92 bits per heavy atom. The molecular weight excluding hydrogens is 328 g/mol. The second kappa shape index (κ2) is 7.57. The van der Waals surface area contributed by atoms with Gasteiger partial charge in [0, 0.05) is 41.9 Å². The Labute approximate surface area is 152 Å². The van der Waals surface area contributed by atoms with E-state index >= 15 is 0 Å². The van der Waals surface area contributed by atoms with Crippen LogP contribution in [0.5, 0.6) is 0 Å². The molecule has 7 heteroatoms. The summed E-state index contributed by atoms with van der Waals surface area (Å²) >= 11 is 0. The van der Waals surface area contributed by atoms with Crippen LogP contribution in [0.3, 0.4) is 0 Å². The molecule has 1 fully saturated rings. The highest BCUT2D eigenvalue weighted by atomic mass is 16.3. The lowest BCUT2D eigenvalue weighted by Gasteiger charge is -2.37. The molecule has 26 heavy (non-hydrogen) atoms. The molecule has 0 spiro atoms. The van der Waals surface area contributed by atoms with Gasteiger partial charge in [0.2, 0.25) is 0 Å². The fraction of sp³-hybridized carbons (Fsp3) is 0.474. The topological polar surface area (TPSA) is 96.0 Å². The predicted molar refractivity (Wildman–Crippen MR) is 101 cm³/mol. The lowest BCUT2D eigenvalue weighted by atomic mass is 9.98. The van der Waals surface area contributed by atoms with Crippen LogP contribution in [0.2, 0.25) is 0 Å². The van der Waals surface area contributed by atoms with Gasteiger partial charge in [0.05, 0.1) is 6.10 Å². The molecule has 138 valence electrons. The largest absolute Gasteiger partial charge is 0.393 e. The second-order valence-electron chi connectivity index (χ2n) is 7.12. The highest BCUT2D eigenvalue weighted by molar-refractivity contribution is 5.85. The zero-order chi connectivity index (χ0) is 17.9. The Hall–Kier alpha value is -2.22. The van der Waals surface area contributed by atoms with Gasteiger partial charge in [-0.3, -0.25) is 9.47 Å². The van der Waals surface area contributed by atoms with Crippen molar-refractivity contribution in [3.05, 3.63) is 42.6 Å². The second-order valence-corrected chi connectivity index (χ2v) is 7.12. The standard InChI is InChI=1S/C19H26N6O/c20-10-16-8-17(26)5-7-24(16)6-1-2-14-11-21-19-4-3-15(9-18(14)19)25-12-22-23-13-25/h3-4,9,11-13,16-17,21,26H,1-2,5-8,10,20H2. The average Bonchev–Trinajstić information content (AvgIpc) is 3.32. The molecule has 1 aliphatic heterocycles. The van der Waals surface area contributed by atoms with Gasteiger partial charge in [0.15, 0.2) is 0 Å². The van der Waals surface area contributed by atoms with Crippen LogP contribution in [0.1, 0.15) is 24.8 Å². The third-order valence-corrected chi connectivity index (χ3v) is 5.44. The lowest BCUT2D eigenvalue weighted by molar-refractivity contribution is 0.0442. The molecule has 1 saturated heterocycles. The third kappa shape index (κ3) is 3.51. The first-order valence-electron chi connectivity index (χ1n) is 9.32. The summed E-state index contributed by atoms with van der Waals surface area (Å²) in [4.78, 5) is 5.80. The highest BCUT2D eigenvalue weighted by Gasteiger charge is 2.25. The maximum Gasteiger partial charge on any atom is 0.123 e. The first kappa shape index (κ1) is 17.2. The van der Waals surface area contributed by atoms with Gasteiger partial charge in [-0.1, -0.05) is 0 Å². The number of nitrogens with one attached hydrogen (secondary N) is 1. The third-order valence-electron chi connectivity index (χ3n) is 5.44. The summed E-state index contributed by atoms with van der Waals surface area (Å²) in [7, 11) is 0. The predicted octanol–water partition coefficient (Wildman–Crippen LogP) is 1.47. The van der Waals surface area contributed by atoms with E-state index < -0.39 is 0 Å². The van der Waals surface area contributed by atoms with Crippen molar-refractivity contribution in [2.45, 2.75) is 37.8 Å². The van der Waals surface area contributed by atoms with E-state index in [1.54, 1.807) is 12.7 Å². The van der Waals surface area contributed by atoms with Crippen molar-refractivity contribution in [3.63, 3.8) is 0 Å². The number of hydrogen-bond acceptors (Lipinski definition) is 5. The number of aromatic amines is 1. The van der Waals surface area contributed by atoms with Crippen LogP contribution in [0.4, 0.5) is 0 Å². The van der Waals surface area contributed by atoms with Crippen molar-refractivity contribution >= 4 is 10.9 Å². The summed E-state index contributed by atoms with van der Waals surface area (Å²) in [6.07, 6.45) is 9.10. The van der Waals surface area contributed by atoms with Crippen LogP contribution in [0.25, 0.3) is 16.6 Å². The molecule has 2 aromatic heterocycles. The van der Waals surface area contributed by atoms with Crippen molar-refractivity contribution in [2.75, 3.05) is 19.6 Å². The molecule has 3 aromatic rings. The van der Waals surface area contributed by atoms with Crippen LogP contribution < -0.4 is 5.73 Å². The molecular formula is C19H26N6O. The Morgan fingerprint density at radius 2 is 2.12 bits per heavy atom. The summed E-state index contributed by atoms with van der Waals surface area (Å²) in [5.74, 6) is 0. The van der Waals surface area contributed by atoms with E-state index in [-0.39, 0.29) is 6.10 Å². The minimum atomic E-state index is -0.190. The molecule has 0 radical (unpaired) electrons. The number of nitrogens with zero attached hydrogens (tertiary/aromatic N) is 4. The van der Waals surface area contributed by atoms with Gasteiger partial charge in [0.1, 0.15) is 12.7 Å². The van der Waals surface area contributed by atoms with Gasteiger partial charge >= 0.3 is 0 Å². The first-order valence-corrected chi connectivity index (χ1v) is 9.32. The summed E-state index contributed by atoms with van der Waals surface area (Å²) < 4.78 is 1.92. The molecule has 1 aliphatic rings. The number of nitrogens with two attached hydrogens (primary N) is 1. The normalized spacial score (nSPS) is 21.5. The summed E-state index contributed by atoms with van der Waals surface area (Å²) in [6.45, 7) is 2.58. The number of likely N-dealkylation sites (tertiary alicyclic amines) is 1. The van der Waals surface area contributed by atoms with Gasteiger partial charge in [-0.15, -0.1) is 10.2 Å². The van der Waals surface area contributed by atoms with Gasteiger partial charge in [-0.2, -0.15) is 0 Å². The Morgan fingerprint density at radius 1 is 1.27 bits per heavy atom. The Balaban J connectivity index is 1.43. The molecule has 0 saturated carbocycles. The summed E-state index contributed by atoms with van der Waals surface area (Å²) in [6, 6.07) is 6.66. The maximum absolute atomic E-state index is 9.83. The maximum atomic E-state index is 9.83. The smallest absolute Gasteiger partial charge is 0.123 e. The average molecular weight is 354 g/mol. The molecule has 2 atom stereocenters. The lowest BCUT2D eigenvalue weighted by Crippen LogP contribution is -2.48. The number of hydrogen-bond donors (Lipinski definition) is 3. The number of aliphatic hydroxyl groups is 1. The molecule has 0 aliphatic carbocycles. The number of H-pyrrole nitrogens is 1. The molecule has 1 aromatic carbocycles. The number of aromatic nitrogens is 4. The molecule has 4 rings (SSSR count). The van der Waals surface area contributed by atoms with Crippen LogP contribution >= 0.6 is 0 Å². The van der Waals surface area contributed by atoms with Crippen LogP contribution in [-0.4, -0.2) is 61.5 Å². The molecule has 4 N–H and O–H groups in total. The number of piperidine rings is 1. The van der Waals surface area contributed by atoms with E-state index in [0.29, 0.717) is 12.6 Å². The van der Waals surface area contributed by atoms with E-state index in [1.165, 1.54) is 10.9 Å². The van der Waals surface area contributed by atoms with Crippen molar-refractivity contribution in [1.29, 1.82) is 0 Å². The molecule has 0 bridgehead atoms. The van der Waals surface area contributed by atoms with E-state index in [1.807, 2.05) is 4.57 Å². The molecule has 0 amide bonds. The molecule has 7 nitrogen and oxygen atoms in total. The van der Waals surface area contributed by atoms with Gasteiger partial charge in [0.25, 0.3) is 0 Å². The fourth-order valence-electron chi connectivity index (χ4n) is 3.96. The number of rotatable bonds is 6. The SMILES string of the molecule is NCC1CC(O)CCN1CCCc1c[nH]c2ccc(-n3cnnc3)cc12. The van der Waals surface area contributed by atoms with E-state index in [9.17, 15) is 5.11 Å². The van der Waals surface area contributed by atoms with E-state index in [4.69, 9.17) is 5.73 Å². The number of benzene rings is 1. The van der Waals surface area contributed by atoms with Crippen molar-refractivity contribution in [1.82, 2.24) is 24.6 Å². The van der Waals surface area contributed by atoms with E-state index in [0.717, 1.165) is 50.0 Å². The van der Waals surface area contributed by atoms with Crippen molar-refractivity contribution < 1.29 is 5.11 Å². The molecule has 2 unspecified atom stereocenters. The quantitative estimate of drug-likeness (QED) is 0.623. The van der Waals surface area contributed by atoms with E-state index in [2.05, 4.69) is 44.5 Å². The van der Waals surface area contributed by atoms with Crippen LogP contribution in [-0.2, 0) is 6.42 Å². The van der Waals surface area contributed by atoms with Gasteiger partial charge in [-0.25, -0.2) is 0 Å². The Bertz CT molecular complexity index is 843. The van der Waals surface area contributed by atoms with Crippen molar-refractivity contribution in [2.24, 2.45) is 5.73 Å². The zero-order valence-electron chi connectivity index (χ0n) is 14.9. The minimum absolute atomic E-state index is 0.190. The minimum Gasteiger partial charge on any atom is -0.393 e. The number of fused-ring (bicyclic) bond motifs is 1.